The zero-order valence-electron chi connectivity index (χ0n) is 11.3. The van der Waals surface area contributed by atoms with Gasteiger partial charge in [-0.05, 0) is 14.0 Å². The Labute approximate surface area is 120 Å². The number of nitrogens with zero attached hydrogens (tertiary/aromatic N) is 2. The number of likely N-dealkylation sites (N-methyl/N-ethyl adjacent to an activating group) is 1. The smallest absolute Gasteiger partial charge is 0.243 e. The molecule has 0 aliphatic carbocycles. The number of hydrogen-bond donors (Lipinski definition) is 2. The van der Waals surface area contributed by atoms with Crippen molar-refractivity contribution < 1.29 is 13.2 Å². The molecule has 1 unspecified atom stereocenters. The largest absolute Gasteiger partial charge is 0.383 e. The van der Waals surface area contributed by atoms with Crippen molar-refractivity contribution in [2.75, 3.05) is 27.3 Å². The highest BCUT2D eigenvalue weighted by Crippen LogP contribution is 2.06. The van der Waals surface area contributed by atoms with Crippen LogP contribution in [0.4, 0.5) is 0 Å². The van der Waals surface area contributed by atoms with E-state index in [0.717, 1.165) is 0 Å². The lowest BCUT2D eigenvalue weighted by Gasteiger charge is -2.10. The molecule has 0 bridgehead atoms. The molecule has 7 nitrogen and oxygen atoms in total. The van der Waals surface area contributed by atoms with Gasteiger partial charge in [0.1, 0.15) is 4.90 Å². The lowest BCUT2D eigenvalue weighted by atomic mass is 10.4. The summed E-state index contributed by atoms with van der Waals surface area (Å²) in [4.78, 5) is 0.168. The molecule has 112 valence electrons. The molecular weight excluding hydrogens is 292 g/mol. The summed E-state index contributed by atoms with van der Waals surface area (Å²) >= 11 is 0. The van der Waals surface area contributed by atoms with E-state index in [1.54, 1.807) is 18.8 Å². The van der Waals surface area contributed by atoms with Gasteiger partial charge in [0.25, 0.3) is 0 Å². The first-order chi connectivity index (χ1) is 8.49. The van der Waals surface area contributed by atoms with Crippen molar-refractivity contribution in [1.82, 2.24) is 19.8 Å². The zero-order chi connectivity index (χ0) is 13.6. The van der Waals surface area contributed by atoms with Crippen LogP contribution in [0.3, 0.4) is 0 Å². The minimum absolute atomic E-state index is 0. The Balaban J connectivity index is 0.00000324. The van der Waals surface area contributed by atoms with E-state index in [-0.39, 0.29) is 23.3 Å². The molecule has 1 aromatic heterocycles. The molecule has 0 saturated heterocycles. The van der Waals surface area contributed by atoms with Crippen LogP contribution in [0.2, 0.25) is 0 Å². The van der Waals surface area contributed by atoms with Gasteiger partial charge in [0.15, 0.2) is 0 Å². The maximum atomic E-state index is 11.9. The van der Waals surface area contributed by atoms with E-state index < -0.39 is 10.0 Å². The van der Waals surface area contributed by atoms with Gasteiger partial charge in [0.2, 0.25) is 10.0 Å². The summed E-state index contributed by atoms with van der Waals surface area (Å²) in [5.74, 6) is 0. The predicted octanol–water partition coefficient (Wildman–Crippen LogP) is -0.162. The fraction of sp³-hybridized carbons (Fsp3) is 0.700. The van der Waals surface area contributed by atoms with Gasteiger partial charge < -0.3 is 10.1 Å². The molecule has 9 heteroatoms. The number of halogens is 1. The summed E-state index contributed by atoms with van der Waals surface area (Å²) in [7, 11) is -0.119. The lowest BCUT2D eigenvalue weighted by molar-refractivity contribution is 0.183. The molecule has 2 N–H and O–H groups in total. The Kier molecular flexibility index (Phi) is 8.19. The van der Waals surface area contributed by atoms with Crippen molar-refractivity contribution in [3.63, 3.8) is 0 Å². The quantitative estimate of drug-likeness (QED) is 0.696. The van der Waals surface area contributed by atoms with Crippen LogP contribution in [0.5, 0.6) is 0 Å². The second-order valence-electron chi connectivity index (χ2n) is 3.97. The Morgan fingerprint density at radius 3 is 2.79 bits per heavy atom. The molecule has 0 radical (unpaired) electrons. The second-order valence-corrected chi connectivity index (χ2v) is 5.74. The minimum Gasteiger partial charge on any atom is -0.383 e. The van der Waals surface area contributed by atoms with Crippen LogP contribution in [0, 0.1) is 0 Å². The van der Waals surface area contributed by atoms with Crippen molar-refractivity contribution >= 4 is 22.4 Å². The van der Waals surface area contributed by atoms with Crippen LogP contribution in [-0.4, -0.2) is 51.5 Å². The van der Waals surface area contributed by atoms with Crippen molar-refractivity contribution in [2.45, 2.75) is 24.4 Å². The maximum Gasteiger partial charge on any atom is 0.243 e. The fourth-order valence-electron chi connectivity index (χ4n) is 1.21. The molecule has 0 amide bonds. The van der Waals surface area contributed by atoms with Crippen LogP contribution in [0.15, 0.2) is 17.3 Å². The monoisotopic (exact) mass is 312 g/mol. The van der Waals surface area contributed by atoms with Crippen molar-refractivity contribution in [2.24, 2.45) is 0 Å². The SMILES string of the molecule is CNC(C)CNS(=O)(=O)c1cnn(CCOC)c1.Cl. The van der Waals surface area contributed by atoms with Crippen LogP contribution >= 0.6 is 12.4 Å². The topological polar surface area (TPSA) is 85.3 Å². The molecule has 1 atom stereocenters. The molecule has 0 fully saturated rings. The van der Waals surface area contributed by atoms with E-state index in [0.29, 0.717) is 19.7 Å². The number of nitrogens with one attached hydrogen (secondary N) is 2. The zero-order valence-corrected chi connectivity index (χ0v) is 12.9. The first-order valence-corrected chi connectivity index (χ1v) is 7.16. The number of ether oxygens (including phenoxy) is 1. The molecule has 0 aliphatic rings. The van der Waals surface area contributed by atoms with Gasteiger partial charge in [0.05, 0.1) is 19.3 Å². The molecule has 1 rings (SSSR count). The summed E-state index contributed by atoms with van der Waals surface area (Å²) in [5.41, 5.74) is 0. The fourth-order valence-corrected chi connectivity index (χ4v) is 2.29. The lowest BCUT2D eigenvalue weighted by Crippen LogP contribution is -2.37. The van der Waals surface area contributed by atoms with Gasteiger partial charge in [-0.25, -0.2) is 13.1 Å². The third kappa shape index (κ3) is 5.87. The minimum atomic E-state index is -3.48. The average molecular weight is 313 g/mol. The normalized spacial score (nSPS) is 13.0. The number of methoxy groups -OCH3 is 1. The molecule has 19 heavy (non-hydrogen) atoms. The summed E-state index contributed by atoms with van der Waals surface area (Å²) in [6.45, 7) is 3.25. The Morgan fingerprint density at radius 2 is 2.21 bits per heavy atom. The van der Waals surface area contributed by atoms with Gasteiger partial charge >= 0.3 is 0 Å². The van der Waals surface area contributed by atoms with Crippen molar-refractivity contribution in [3.05, 3.63) is 12.4 Å². The second kappa shape index (κ2) is 8.49. The van der Waals surface area contributed by atoms with E-state index in [9.17, 15) is 8.42 Å². The molecular formula is C10H21ClN4O3S. The average Bonchev–Trinajstić information content (AvgIpc) is 2.83. The van der Waals surface area contributed by atoms with Crippen molar-refractivity contribution in [3.8, 4) is 0 Å². The summed E-state index contributed by atoms with van der Waals surface area (Å²) in [6.07, 6.45) is 2.83. The number of sulfonamides is 1. The first-order valence-electron chi connectivity index (χ1n) is 5.68. The summed E-state index contributed by atoms with van der Waals surface area (Å²) in [5, 5.41) is 6.93. The standard InChI is InChI=1S/C10H20N4O3S.ClH/c1-9(11-2)6-13-18(15,16)10-7-12-14(8-10)4-5-17-3;/h7-9,11,13H,4-6H2,1-3H3;1H. The molecule has 0 spiro atoms. The molecule has 0 saturated carbocycles. The highest BCUT2D eigenvalue weighted by Gasteiger charge is 2.16. The van der Waals surface area contributed by atoms with E-state index in [4.69, 9.17) is 4.74 Å². The van der Waals surface area contributed by atoms with Crippen LogP contribution in [0.25, 0.3) is 0 Å². The number of hydrogen-bond acceptors (Lipinski definition) is 5. The summed E-state index contributed by atoms with van der Waals surface area (Å²) < 4.78 is 32.8. The molecule has 1 heterocycles. The van der Waals surface area contributed by atoms with Gasteiger partial charge in [-0.15, -0.1) is 12.4 Å². The third-order valence-electron chi connectivity index (χ3n) is 2.52. The Bertz CT molecular complexity index is 463. The van der Waals surface area contributed by atoms with E-state index in [1.165, 1.54) is 12.4 Å². The van der Waals surface area contributed by atoms with E-state index in [2.05, 4.69) is 15.1 Å². The van der Waals surface area contributed by atoms with Crippen LogP contribution < -0.4 is 10.0 Å². The van der Waals surface area contributed by atoms with Crippen LogP contribution in [-0.2, 0) is 21.3 Å². The Morgan fingerprint density at radius 1 is 1.53 bits per heavy atom. The van der Waals surface area contributed by atoms with E-state index >= 15 is 0 Å². The molecule has 0 aromatic carbocycles. The van der Waals surface area contributed by atoms with Gasteiger partial charge in [0, 0.05) is 25.9 Å². The number of aromatic nitrogens is 2. The maximum absolute atomic E-state index is 11.9. The summed E-state index contributed by atoms with van der Waals surface area (Å²) in [6, 6.07) is 0.0725. The molecule has 0 aliphatic heterocycles. The van der Waals surface area contributed by atoms with Crippen LogP contribution in [0.1, 0.15) is 6.92 Å². The van der Waals surface area contributed by atoms with E-state index in [1.807, 2.05) is 6.92 Å². The first kappa shape index (κ1) is 18.3. The predicted molar refractivity (Wildman–Crippen MR) is 75.1 cm³/mol. The molecule has 1 aromatic rings. The van der Waals surface area contributed by atoms with Crippen molar-refractivity contribution in [1.29, 1.82) is 0 Å². The van der Waals surface area contributed by atoms with Gasteiger partial charge in [-0.1, -0.05) is 0 Å². The Hall–Kier alpha value is -0.670. The highest BCUT2D eigenvalue weighted by atomic mass is 35.5. The van der Waals surface area contributed by atoms with Gasteiger partial charge in [-0.3, -0.25) is 4.68 Å². The highest BCUT2D eigenvalue weighted by molar-refractivity contribution is 7.89. The number of rotatable bonds is 8. The third-order valence-corrected chi connectivity index (χ3v) is 3.89. The van der Waals surface area contributed by atoms with Gasteiger partial charge in [-0.2, -0.15) is 5.10 Å².